The van der Waals surface area contributed by atoms with Gasteiger partial charge in [-0.15, -0.1) is 0 Å². The minimum Gasteiger partial charge on any atom is -0.390 e. The van der Waals surface area contributed by atoms with Gasteiger partial charge in [-0.3, -0.25) is 4.79 Å². The van der Waals surface area contributed by atoms with Gasteiger partial charge in [-0.2, -0.15) is 13.2 Å². The zero-order chi connectivity index (χ0) is 21.0. The van der Waals surface area contributed by atoms with Crippen LogP contribution in [-0.4, -0.2) is 44.9 Å². The van der Waals surface area contributed by atoms with Gasteiger partial charge < -0.3 is 15.1 Å². The van der Waals surface area contributed by atoms with E-state index in [2.05, 4.69) is 0 Å². The Labute approximate surface area is 168 Å². The molecule has 4 rings (SSSR count). The molecule has 1 atom stereocenters. The molecule has 1 amide bonds. The lowest BCUT2D eigenvalue weighted by atomic mass is 9.78. The molecule has 160 valence electrons. The van der Waals surface area contributed by atoms with Gasteiger partial charge in [-0.1, -0.05) is 12.1 Å². The second kappa shape index (κ2) is 6.98. The maximum atomic E-state index is 13.2. The lowest BCUT2D eigenvalue weighted by Gasteiger charge is -2.41. The van der Waals surface area contributed by atoms with Crippen molar-refractivity contribution in [3.8, 4) is 0 Å². The summed E-state index contributed by atoms with van der Waals surface area (Å²) in [6.07, 6.45) is 2.18. The Bertz CT molecular complexity index is 759. The third-order valence-corrected chi connectivity index (χ3v) is 6.97. The van der Waals surface area contributed by atoms with Crippen molar-refractivity contribution in [2.24, 2.45) is 5.92 Å². The molecule has 2 N–H and O–H groups in total. The van der Waals surface area contributed by atoms with Crippen LogP contribution in [0.2, 0.25) is 0 Å². The number of hydrogen-bond acceptors (Lipinski definition) is 3. The number of alkyl halides is 3. The summed E-state index contributed by atoms with van der Waals surface area (Å²) in [4.78, 5) is 15.1. The smallest absolute Gasteiger partial charge is 0.390 e. The molecule has 0 spiro atoms. The molecule has 0 aromatic heterocycles. The fourth-order valence-corrected chi connectivity index (χ4v) is 4.64. The summed E-state index contributed by atoms with van der Waals surface area (Å²) in [6.45, 7) is 0.712. The second-order valence-corrected chi connectivity index (χ2v) is 9.20. The first kappa shape index (κ1) is 20.7. The lowest BCUT2D eigenvalue weighted by Crippen LogP contribution is -2.48. The molecule has 0 radical (unpaired) electrons. The summed E-state index contributed by atoms with van der Waals surface area (Å²) in [5.74, 6) is 0.232. The predicted octanol–water partition coefficient (Wildman–Crippen LogP) is 4.14. The van der Waals surface area contributed by atoms with E-state index in [4.69, 9.17) is 0 Å². The van der Waals surface area contributed by atoms with Crippen LogP contribution in [0.3, 0.4) is 0 Å². The van der Waals surface area contributed by atoms with Gasteiger partial charge in [-0.05, 0) is 81.9 Å². The summed E-state index contributed by atoms with van der Waals surface area (Å²) in [5, 5.41) is 20.6. The molecule has 7 heteroatoms. The summed E-state index contributed by atoms with van der Waals surface area (Å²) < 4.78 is 39.1. The first-order valence-electron chi connectivity index (χ1n) is 10.5. The summed E-state index contributed by atoms with van der Waals surface area (Å²) in [5.41, 5.74) is -3.49. The fraction of sp³-hybridized carbons (Fsp3) is 0.682. The molecule has 3 aliphatic carbocycles. The molecule has 0 bridgehead atoms. The van der Waals surface area contributed by atoms with Gasteiger partial charge in [0, 0.05) is 17.6 Å². The van der Waals surface area contributed by atoms with Gasteiger partial charge in [0.05, 0.1) is 5.60 Å². The zero-order valence-electron chi connectivity index (χ0n) is 16.6. The Morgan fingerprint density at radius 3 is 1.97 bits per heavy atom. The average molecular weight is 411 g/mol. The van der Waals surface area contributed by atoms with Crippen molar-refractivity contribution in [1.29, 1.82) is 0 Å². The predicted molar refractivity (Wildman–Crippen MR) is 101 cm³/mol. The molecule has 3 aliphatic rings. The molecule has 29 heavy (non-hydrogen) atoms. The molecule has 0 aliphatic heterocycles. The number of carbonyl (C=O) groups excluding carboxylic acids is 1. The average Bonchev–Trinajstić information content (AvgIpc) is 3.55. The maximum Gasteiger partial charge on any atom is 0.421 e. The van der Waals surface area contributed by atoms with E-state index in [9.17, 15) is 28.2 Å². The second-order valence-electron chi connectivity index (χ2n) is 9.20. The van der Waals surface area contributed by atoms with Crippen LogP contribution in [0.4, 0.5) is 13.2 Å². The van der Waals surface area contributed by atoms with Crippen molar-refractivity contribution in [3.63, 3.8) is 0 Å². The van der Waals surface area contributed by atoms with Crippen LogP contribution in [0.25, 0.3) is 0 Å². The van der Waals surface area contributed by atoms with Crippen LogP contribution in [0.5, 0.6) is 0 Å². The van der Waals surface area contributed by atoms with Crippen LogP contribution >= 0.6 is 0 Å². The van der Waals surface area contributed by atoms with Crippen LogP contribution < -0.4 is 0 Å². The zero-order valence-corrected chi connectivity index (χ0v) is 16.6. The number of rotatable bonds is 5. The molecule has 4 nitrogen and oxygen atoms in total. The first-order valence-corrected chi connectivity index (χ1v) is 10.5. The molecule has 0 saturated heterocycles. The molecule has 1 aromatic rings. The highest BCUT2D eigenvalue weighted by molar-refractivity contribution is 5.95. The van der Waals surface area contributed by atoms with Crippen molar-refractivity contribution < 1.29 is 28.2 Å². The number of amides is 1. The van der Waals surface area contributed by atoms with E-state index in [1.165, 1.54) is 24.3 Å². The Hall–Kier alpha value is -1.60. The third kappa shape index (κ3) is 3.91. The monoisotopic (exact) mass is 411 g/mol. The minimum atomic E-state index is -4.79. The summed E-state index contributed by atoms with van der Waals surface area (Å²) >= 11 is 0. The van der Waals surface area contributed by atoms with Gasteiger partial charge in [0.1, 0.15) is 0 Å². The van der Waals surface area contributed by atoms with Crippen LogP contribution in [0.1, 0.15) is 74.2 Å². The minimum absolute atomic E-state index is 0.0620. The molecule has 3 saturated carbocycles. The lowest BCUT2D eigenvalue weighted by molar-refractivity contribution is -0.258. The fourth-order valence-electron chi connectivity index (χ4n) is 4.64. The van der Waals surface area contributed by atoms with Crippen LogP contribution in [0.15, 0.2) is 24.3 Å². The molecular formula is C22H28F3NO3. The Kier molecular flexibility index (Phi) is 4.97. The highest BCUT2D eigenvalue weighted by Crippen LogP contribution is 2.48. The van der Waals surface area contributed by atoms with Crippen molar-refractivity contribution in [2.45, 2.75) is 87.8 Å². The summed E-state index contributed by atoms with van der Waals surface area (Å²) in [6, 6.07) is 5.34. The van der Waals surface area contributed by atoms with Crippen molar-refractivity contribution in [3.05, 3.63) is 35.4 Å². The van der Waals surface area contributed by atoms with E-state index in [0.717, 1.165) is 38.5 Å². The Balaban J connectivity index is 1.48. The molecule has 1 aromatic carbocycles. The van der Waals surface area contributed by atoms with Crippen molar-refractivity contribution in [1.82, 2.24) is 4.90 Å². The quantitative estimate of drug-likeness (QED) is 0.766. The van der Waals surface area contributed by atoms with E-state index in [1.54, 1.807) is 0 Å². The van der Waals surface area contributed by atoms with Crippen molar-refractivity contribution in [2.75, 3.05) is 0 Å². The van der Waals surface area contributed by atoms with Gasteiger partial charge in [0.25, 0.3) is 5.91 Å². The standard InChI is InChI=1S/C22H28F3NO3/c1-20(28,22(23,24)25)15-4-2-14(3-5-15)19(27)26(17-8-9-17)18-10-12-21(29,13-11-18)16-6-7-16/h2-5,16-18,28-29H,6-13H2,1H3/t18-,20-,21-/m0/s1. The number of aliphatic hydroxyl groups is 2. The van der Waals surface area contributed by atoms with E-state index < -0.39 is 17.4 Å². The SMILES string of the molecule is C[C@](O)(c1ccc(C(=O)N(C2CC2)[C@H]2CC[C@@](O)(C3CC3)CC2)cc1)C(F)(F)F. The number of carbonyl (C=O) groups is 1. The number of benzene rings is 1. The summed E-state index contributed by atoms with van der Waals surface area (Å²) in [7, 11) is 0. The third-order valence-electron chi connectivity index (χ3n) is 6.97. The van der Waals surface area contributed by atoms with E-state index in [-0.39, 0.29) is 23.6 Å². The molecular weight excluding hydrogens is 383 g/mol. The maximum absolute atomic E-state index is 13.2. The number of halogens is 3. The normalized spacial score (nSPS) is 29.9. The topological polar surface area (TPSA) is 60.8 Å². The molecule has 0 heterocycles. The van der Waals surface area contributed by atoms with E-state index in [0.29, 0.717) is 31.2 Å². The van der Waals surface area contributed by atoms with Crippen molar-refractivity contribution >= 4 is 5.91 Å². The van der Waals surface area contributed by atoms with E-state index in [1.807, 2.05) is 4.90 Å². The molecule has 0 unspecified atom stereocenters. The van der Waals surface area contributed by atoms with Crippen LogP contribution in [0, 0.1) is 5.92 Å². The first-order chi connectivity index (χ1) is 13.5. The Morgan fingerprint density at radius 2 is 1.52 bits per heavy atom. The van der Waals surface area contributed by atoms with Gasteiger partial charge in [0.2, 0.25) is 0 Å². The highest BCUT2D eigenvalue weighted by Gasteiger charge is 2.51. The highest BCUT2D eigenvalue weighted by atomic mass is 19.4. The largest absolute Gasteiger partial charge is 0.421 e. The van der Waals surface area contributed by atoms with Gasteiger partial charge >= 0.3 is 6.18 Å². The number of hydrogen-bond donors (Lipinski definition) is 2. The Morgan fingerprint density at radius 1 is 1.00 bits per heavy atom. The van der Waals surface area contributed by atoms with Gasteiger partial charge in [0.15, 0.2) is 5.60 Å². The number of nitrogens with zero attached hydrogens (tertiary/aromatic N) is 1. The molecule has 3 fully saturated rings. The van der Waals surface area contributed by atoms with Gasteiger partial charge in [-0.25, -0.2) is 0 Å². The van der Waals surface area contributed by atoms with E-state index >= 15 is 0 Å². The van der Waals surface area contributed by atoms with Crippen LogP contribution in [-0.2, 0) is 5.60 Å².